The van der Waals surface area contributed by atoms with Gasteiger partial charge in [-0.05, 0) is 33.5 Å². The largest absolute Gasteiger partial charge is 0.334 e. The number of carbonyl (C=O) groups is 1. The van der Waals surface area contributed by atoms with Crippen LogP contribution in [0.3, 0.4) is 0 Å². The van der Waals surface area contributed by atoms with Crippen LogP contribution in [0.4, 0.5) is 0 Å². The summed E-state index contributed by atoms with van der Waals surface area (Å²) >= 11 is 3.47. The van der Waals surface area contributed by atoms with Crippen LogP contribution in [0.15, 0.2) is 91.0 Å². The average molecular weight is 488 g/mol. The third kappa shape index (κ3) is 3.42. The molecule has 4 aromatic rings. The summed E-state index contributed by atoms with van der Waals surface area (Å²) in [5.74, 6) is 0.709. The van der Waals surface area contributed by atoms with Gasteiger partial charge < -0.3 is 4.90 Å². The van der Waals surface area contributed by atoms with Gasteiger partial charge in [0.1, 0.15) is 5.54 Å². The van der Waals surface area contributed by atoms with E-state index in [4.69, 9.17) is 0 Å². The molecule has 1 unspecified atom stereocenters. The number of likely N-dealkylation sites (tertiary alicyclic amines) is 1. The summed E-state index contributed by atoms with van der Waals surface area (Å²) in [7, 11) is 0. The molecule has 0 saturated carbocycles. The van der Waals surface area contributed by atoms with Crippen molar-refractivity contribution < 1.29 is 4.79 Å². The number of tetrazole rings is 1. The van der Waals surface area contributed by atoms with Crippen LogP contribution in [-0.2, 0) is 16.9 Å². The lowest BCUT2D eigenvalue weighted by molar-refractivity contribution is -0.127. The molecule has 0 N–H and O–H groups in total. The molecule has 0 aliphatic carbocycles. The van der Waals surface area contributed by atoms with Crippen molar-refractivity contribution in [3.05, 3.63) is 114 Å². The Bertz CT molecular complexity index is 1100. The van der Waals surface area contributed by atoms with E-state index in [1.165, 1.54) is 0 Å². The van der Waals surface area contributed by atoms with Crippen LogP contribution in [0.25, 0.3) is 0 Å². The predicted molar refractivity (Wildman–Crippen MR) is 125 cm³/mol. The fraction of sp³-hybridized carbons (Fsp3) is 0.200. The molecule has 6 nitrogen and oxygen atoms in total. The molecule has 0 radical (unpaired) electrons. The maximum Gasteiger partial charge on any atom is 0.236 e. The van der Waals surface area contributed by atoms with Crippen molar-refractivity contribution in [2.45, 2.75) is 23.3 Å². The van der Waals surface area contributed by atoms with Crippen molar-refractivity contribution in [2.75, 3.05) is 6.54 Å². The topological polar surface area (TPSA) is 63.9 Å². The molecule has 160 valence electrons. The fourth-order valence-corrected chi connectivity index (χ4v) is 4.99. The fourth-order valence-electron chi connectivity index (χ4n) is 4.50. The van der Waals surface area contributed by atoms with Crippen LogP contribution in [0.5, 0.6) is 0 Å². The first-order chi connectivity index (χ1) is 15.7. The Kier molecular flexibility index (Phi) is 5.57. The highest BCUT2D eigenvalue weighted by molar-refractivity contribution is 9.10. The molecule has 1 saturated heterocycles. The van der Waals surface area contributed by atoms with Crippen molar-refractivity contribution in [1.29, 1.82) is 0 Å². The molecule has 2 heterocycles. The minimum Gasteiger partial charge on any atom is -0.334 e. The Morgan fingerprint density at radius 2 is 1.34 bits per heavy atom. The maximum atomic E-state index is 12.6. The van der Waals surface area contributed by atoms with Gasteiger partial charge in [0.05, 0.1) is 11.4 Å². The summed E-state index contributed by atoms with van der Waals surface area (Å²) in [6.07, 6.45) is 0.779. The molecule has 5 rings (SSSR count). The minimum atomic E-state index is -0.792. The van der Waals surface area contributed by atoms with E-state index in [1.54, 1.807) is 0 Å². The van der Waals surface area contributed by atoms with Gasteiger partial charge in [-0.3, -0.25) is 4.79 Å². The average Bonchev–Trinajstić information content (AvgIpc) is 3.44. The van der Waals surface area contributed by atoms with E-state index in [0.29, 0.717) is 18.9 Å². The van der Waals surface area contributed by atoms with Crippen molar-refractivity contribution in [3.8, 4) is 0 Å². The molecule has 7 heteroatoms. The lowest BCUT2D eigenvalue weighted by atomic mass is 9.77. The molecular weight excluding hydrogens is 466 g/mol. The van der Waals surface area contributed by atoms with Gasteiger partial charge >= 0.3 is 0 Å². The summed E-state index contributed by atoms with van der Waals surface area (Å²) in [5.41, 5.74) is 2.32. The number of amides is 1. The first-order valence-electron chi connectivity index (χ1n) is 10.6. The second-order valence-electron chi connectivity index (χ2n) is 7.83. The number of carbonyl (C=O) groups excluding carboxylic acids is 1. The zero-order valence-electron chi connectivity index (χ0n) is 17.4. The Hall–Kier alpha value is -3.32. The number of halogens is 1. The van der Waals surface area contributed by atoms with Crippen LogP contribution in [0.2, 0.25) is 0 Å². The lowest BCUT2D eigenvalue weighted by Crippen LogP contribution is -2.41. The van der Waals surface area contributed by atoms with Crippen molar-refractivity contribution in [3.63, 3.8) is 0 Å². The minimum absolute atomic E-state index is 0.0734. The molecule has 1 aromatic heterocycles. The molecule has 0 spiro atoms. The molecule has 1 amide bonds. The molecule has 1 aliphatic heterocycles. The summed E-state index contributed by atoms with van der Waals surface area (Å²) in [6, 6.07) is 30.8. The van der Waals surface area contributed by atoms with E-state index in [9.17, 15) is 4.79 Å². The van der Waals surface area contributed by atoms with E-state index in [2.05, 4.69) is 67.9 Å². The van der Waals surface area contributed by atoms with Gasteiger partial charge in [-0.25, -0.2) is 4.68 Å². The lowest BCUT2D eigenvalue weighted by Gasteiger charge is -2.36. The zero-order chi connectivity index (χ0) is 22.0. The van der Waals surface area contributed by atoms with E-state index in [-0.39, 0.29) is 10.7 Å². The number of rotatable bonds is 6. The Morgan fingerprint density at radius 3 is 1.78 bits per heavy atom. The van der Waals surface area contributed by atoms with Gasteiger partial charge in [-0.2, -0.15) is 0 Å². The normalized spacial score (nSPS) is 16.5. The van der Waals surface area contributed by atoms with Gasteiger partial charge in [0, 0.05) is 6.54 Å². The van der Waals surface area contributed by atoms with E-state index in [1.807, 2.05) is 64.2 Å². The molecule has 1 fully saturated rings. The first-order valence-corrected chi connectivity index (χ1v) is 11.5. The van der Waals surface area contributed by atoms with Gasteiger partial charge in [-0.1, -0.05) is 107 Å². The van der Waals surface area contributed by atoms with Gasteiger partial charge in [0.2, 0.25) is 5.91 Å². The molecule has 32 heavy (non-hydrogen) atoms. The highest BCUT2D eigenvalue weighted by atomic mass is 79.9. The number of aromatic nitrogens is 4. The number of hydrogen-bond acceptors (Lipinski definition) is 4. The van der Waals surface area contributed by atoms with E-state index < -0.39 is 5.54 Å². The molecular formula is C25H22BrN5O. The SMILES string of the molecule is O=C1C(Br)CCN1Cc1nnnn1C(c1ccccc1)(c1ccccc1)c1ccccc1. The number of hydrogen-bond donors (Lipinski definition) is 0. The Balaban J connectivity index is 1.75. The zero-order valence-corrected chi connectivity index (χ0v) is 19.0. The van der Waals surface area contributed by atoms with Crippen LogP contribution in [0, 0.1) is 0 Å². The van der Waals surface area contributed by atoms with Gasteiger partial charge in [-0.15, -0.1) is 5.10 Å². The number of benzene rings is 3. The number of nitrogens with zero attached hydrogens (tertiary/aromatic N) is 5. The second kappa shape index (κ2) is 8.67. The highest BCUT2D eigenvalue weighted by Crippen LogP contribution is 2.40. The van der Waals surface area contributed by atoms with Crippen LogP contribution in [-0.4, -0.2) is 42.4 Å². The molecule has 1 aliphatic rings. The van der Waals surface area contributed by atoms with Crippen LogP contribution < -0.4 is 0 Å². The van der Waals surface area contributed by atoms with E-state index in [0.717, 1.165) is 23.1 Å². The van der Waals surface area contributed by atoms with E-state index >= 15 is 0 Å². The molecule has 3 aromatic carbocycles. The quantitative estimate of drug-likeness (QED) is 0.304. The Morgan fingerprint density at radius 1 is 0.844 bits per heavy atom. The van der Waals surface area contributed by atoms with Crippen LogP contribution in [0.1, 0.15) is 28.9 Å². The number of alkyl halides is 1. The molecule has 0 bridgehead atoms. The molecule has 1 atom stereocenters. The summed E-state index contributed by atoms with van der Waals surface area (Å²) < 4.78 is 1.88. The summed E-state index contributed by atoms with van der Waals surface area (Å²) in [4.78, 5) is 14.3. The van der Waals surface area contributed by atoms with Crippen molar-refractivity contribution in [1.82, 2.24) is 25.1 Å². The van der Waals surface area contributed by atoms with Crippen molar-refractivity contribution in [2.24, 2.45) is 0 Å². The monoisotopic (exact) mass is 487 g/mol. The first kappa shape index (κ1) is 20.6. The van der Waals surface area contributed by atoms with Crippen molar-refractivity contribution >= 4 is 21.8 Å². The predicted octanol–water partition coefficient (Wildman–Crippen LogP) is 4.01. The van der Waals surface area contributed by atoms with Gasteiger partial charge in [0.25, 0.3) is 0 Å². The van der Waals surface area contributed by atoms with Gasteiger partial charge in [0.15, 0.2) is 5.82 Å². The van der Waals surface area contributed by atoms with Crippen LogP contribution >= 0.6 is 15.9 Å². The summed E-state index contributed by atoms with van der Waals surface area (Å²) in [6.45, 7) is 1.03. The standard InChI is InChI=1S/C25H22BrN5O/c26-22-16-17-30(24(22)32)18-23-27-28-29-31(23)25(19-10-4-1-5-11-19,20-12-6-2-7-13-20)21-14-8-3-9-15-21/h1-15,22H,16-18H2. The maximum absolute atomic E-state index is 12.6. The third-order valence-electron chi connectivity index (χ3n) is 5.99. The highest BCUT2D eigenvalue weighted by Gasteiger charge is 2.42. The summed E-state index contributed by atoms with van der Waals surface area (Å²) in [5, 5.41) is 12.9. The third-order valence-corrected chi connectivity index (χ3v) is 6.84. The smallest absolute Gasteiger partial charge is 0.236 e. The Labute approximate surface area is 195 Å². The second-order valence-corrected chi connectivity index (χ2v) is 8.94.